The van der Waals surface area contributed by atoms with E-state index in [1.54, 1.807) is 6.20 Å². The van der Waals surface area contributed by atoms with Crippen molar-refractivity contribution in [3.63, 3.8) is 0 Å². The third kappa shape index (κ3) is 0.902. The molecular weight excluding hydrogens is 162 g/mol. The van der Waals surface area contributed by atoms with Gasteiger partial charge in [-0.2, -0.15) is 0 Å². The first kappa shape index (κ1) is 6.60. The summed E-state index contributed by atoms with van der Waals surface area (Å²) in [5, 5.41) is 0. The van der Waals surface area contributed by atoms with Crippen molar-refractivity contribution in [3.05, 3.63) is 43.0 Å². The van der Waals surface area contributed by atoms with Gasteiger partial charge in [-0.1, -0.05) is 0 Å². The maximum Gasteiger partial charge on any atom is 0.137 e. The predicted octanol–water partition coefficient (Wildman–Crippen LogP) is 1.83. The molecular formula is C10H7N3. The van der Waals surface area contributed by atoms with Gasteiger partial charge in [-0.3, -0.25) is 4.98 Å². The Balaban J connectivity index is 2.51. The van der Waals surface area contributed by atoms with Gasteiger partial charge in [0.2, 0.25) is 0 Å². The van der Waals surface area contributed by atoms with Gasteiger partial charge in [0.25, 0.3) is 0 Å². The highest BCUT2D eigenvalue weighted by molar-refractivity contribution is 5.64. The Bertz CT molecular complexity index is 527. The van der Waals surface area contributed by atoms with Crippen LogP contribution < -0.4 is 0 Å². The van der Waals surface area contributed by atoms with Crippen LogP contribution >= 0.6 is 0 Å². The molecule has 3 nitrogen and oxygen atoms in total. The summed E-state index contributed by atoms with van der Waals surface area (Å²) >= 11 is 0. The Labute approximate surface area is 75.0 Å². The number of aromatic nitrogens is 3. The van der Waals surface area contributed by atoms with Crippen molar-refractivity contribution in [2.45, 2.75) is 0 Å². The average molecular weight is 169 g/mol. The van der Waals surface area contributed by atoms with E-state index in [0.717, 1.165) is 16.9 Å². The molecule has 2 aliphatic heterocycles. The summed E-state index contributed by atoms with van der Waals surface area (Å²) < 4.78 is 1.97. The highest BCUT2D eigenvalue weighted by atomic mass is 15.0. The summed E-state index contributed by atoms with van der Waals surface area (Å²) in [6, 6.07) is 6.01. The lowest BCUT2D eigenvalue weighted by Crippen LogP contribution is -1.73. The maximum atomic E-state index is 4.22. The molecule has 13 heavy (non-hydrogen) atoms. The molecule has 0 aliphatic carbocycles. The van der Waals surface area contributed by atoms with Crippen LogP contribution in [0.4, 0.5) is 0 Å². The zero-order chi connectivity index (χ0) is 8.67. The molecule has 3 heterocycles. The van der Waals surface area contributed by atoms with E-state index in [1.165, 1.54) is 0 Å². The molecule has 62 valence electrons. The smallest absolute Gasteiger partial charge is 0.137 e. The van der Waals surface area contributed by atoms with E-state index in [9.17, 15) is 0 Å². The first-order chi connectivity index (χ1) is 6.43. The largest absolute Gasteiger partial charge is 0.307 e. The van der Waals surface area contributed by atoms with Gasteiger partial charge in [-0.25, -0.2) is 4.98 Å². The minimum atomic E-state index is 0.947. The molecule has 3 rings (SSSR count). The monoisotopic (exact) mass is 169 g/mol. The van der Waals surface area contributed by atoms with E-state index >= 15 is 0 Å². The van der Waals surface area contributed by atoms with Crippen LogP contribution in [0, 0.1) is 0 Å². The number of fused-ring (bicyclic) bond motifs is 2. The Hall–Kier alpha value is -1.90. The van der Waals surface area contributed by atoms with E-state index in [0.29, 0.717) is 0 Å². The molecule has 0 N–H and O–H groups in total. The van der Waals surface area contributed by atoms with E-state index in [4.69, 9.17) is 0 Å². The van der Waals surface area contributed by atoms with E-state index in [2.05, 4.69) is 9.97 Å². The van der Waals surface area contributed by atoms with Crippen molar-refractivity contribution in [2.75, 3.05) is 0 Å². The van der Waals surface area contributed by atoms with E-state index in [-0.39, 0.29) is 0 Å². The Morgan fingerprint density at radius 3 is 3.00 bits per heavy atom. The lowest BCUT2D eigenvalue weighted by molar-refractivity contribution is 1.20. The third-order valence-electron chi connectivity index (χ3n) is 2.14. The lowest BCUT2D eigenvalue weighted by atomic mass is 10.2. The van der Waals surface area contributed by atoms with Gasteiger partial charge in [0, 0.05) is 30.4 Å². The zero-order valence-electron chi connectivity index (χ0n) is 6.88. The molecule has 0 radical (unpaired) electrons. The fraction of sp³-hybridized carbons (Fsp3) is 0. The van der Waals surface area contributed by atoms with E-state index in [1.807, 2.05) is 41.2 Å². The van der Waals surface area contributed by atoms with Crippen LogP contribution in [0.5, 0.6) is 0 Å². The standard InChI is InChI=1S/C10H7N3/c1-3-11-9-2-5-13-6-4-12-10(13)7-8(1)9/h1-7H. The minimum Gasteiger partial charge on any atom is -0.307 e. The van der Waals surface area contributed by atoms with Crippen molar-refractivity contribution in [3.8, 4) is 11.3 Å². The summed E-state index contributed by atoms with van der Waals surface area (Å²) in [4.78, 5) is 8.44. The normalized spacial score (nSPS) is 11.1. The molecule has 0 bridgehead atoms. The fourth-order valence-corrected chi connectivity index (χ4v) is 1.47. The van der Waals surface area contributed by atoms with Crippen LogP contribution in [0.3, 0.4) is 0 Å². The molecule has 0 saturated heterocycles. The molecule has 0 aromatic carbocycles. The van der Waals surface area contributed by atoms with Gasteiger partial charge in [0.05, 0.1) is 5.69 Å². The molecule has 0 atom stereocenters. The molecule has 0 fully saturated rings. The molecule has 2 aliphatic rings. The van der Waals surface area contributed by atoms with Crippen LogP contribution in [-0.4, -0.2) is 14.4 Å². The summed E-state index contributed by atoms with van der Waals surface area (Å²) in [5.74, 6) is 0. The molecule has 0 amide bonds. The van der Waals surface area contributed by atoms with Gasteiger partial charge in [-0.15, -0.1) is 0 Å². The highest BCUT2D eigenvalue weighted by Gasteiger charge is 2.01. The van der Waals surface area contributed by atoms with Crippen molar-refractivity contribution in [1.29, 1.82) is 0 Å². The summed E-state index contributed by atoms with van der Waals surface area (Å²) in [6.07, 6.45) is 7.49. The van der Waals surface area contributed by atoms with Crippen LogP contribution in [0.15, 0.2) is 43.0 Å². The van der Waals surface area contributed by atoms with Crippen LogP contribution in [0.2, 0.25) is 0 Å². The number of hydrogen-bond donors (Lipinski definition) is 0. The first-order valence-corrected chi connectivity index (χ1v) is 4.11. The molecule has 0 unspecified atom stereocenters. The second-order valence-corrected chi connectivity index (χ2v) is 2.94. The van der Waals surface area contributed by atoms with Crippen LogP contribution in [-0.2, 0) is 0 Å². The zero-order valence-corrected chi connectivity index (χ0v) is 6.88. The van der Waals surface area contributed by atoms with Gasteiger partial charge in [-0.05, 0) is 18.2 Å². The average Bonchev–Trinajstić information content (AvgIpc) is 2.72. The van der Waals surface area contributed by atoms with Gasteiger partial charge in [0.1, 0.15) is 5.65 Å². The molecule has 1 aromatic heterocycles. The predicted molar refractivity (Wildman–Crippen MR) is 49.6 cm³/mol. The molecule has 0 saturated carbocycles. The highest BCUT2D eigenvalue weighted by Crippen LogP contribution is 2.18. The first-order valence-electron chi connectivity index (χ1n) is 4.11. The van der Waals surface area contributed by atoms with Crippen LogP contribution in [0.25, 0.3) is 16.9 Å². The molecule has 1 aromatic rings. The Morgan fingerprint density at radius 2 is 2.00 bits per heavy atom. The Kier molecular flexibility index (Phi) is 1.16. The van der Waals surface area contributed by atoms with Gasteiger partial charge < -0.3 is 4.40 Å². The van der Waals surface area contributed by atoms with Gasteiger partial charge >= 0.3 is 0 Å². The Morgan fingerprint density at radius 1 is 1.00 bits per heavy atom. The summed E-state index contributed by atoms with van der Waals surface area (Å²) in [7, 11) is 0. The molecule has 3 heteroatoms. The number of imidazole rings is 1. The second-order valence-electron chi connectivity index (χ2n) is 2.94. The van der Waals surface area contributed by atoms with E-state index < -0.39 is 0 Å². The molecule has 0 spiro atoms. The third-order valence-corrected chi connectivity index (χ3v) is 2.14. The number of nitrogens with zero attached hydrogens (tertiary/aromatic N) is 3. The second kappa shape index (κ2) is 2.29. The quantitative estimate of drug-likeness (QED) is 0.514. The van der Waals surface area contributed by atoms with Crippen molar-refractivity contribution in [1.82, 2.24) is 14.4 Å². The van der Waals surface area contributed by atoms with Crippen LogP contribution in [0.1, 0.15) is 0 Å². The number of rotatable bonds is 0. The lowest BCUT2D eigenvalue weighted by Gasteiger charge is -1.84. The van der Waals surface area contributed by atoms with Gasteiger partial charge in [0.15, 0.2) is 0 Å². The van der Waals surface area contributed by atoms with Crippen molar-refractivity contribution >= 4 is 5.65 Å². The SMILES string of the molecule is c1cc2cc3nccn3ccc-2n1. The maximum absolute atomic E-state index is 4.22. The summed E-state index contributed by atoms with van der Waals surface area (Å²) in [5.41, 5.74) is 3.08. The van der Waals surface area contributed by atoms with Crippen molar-refractivity contribution < 1.29 is 0 Å². The van der Waals surface area contributed by atoms with Crippen molar-refractivity contribution in [2.24, 2.45) is 0 Å². The number of hydrogen-bond acceptors (Lipinski definition) is 2. The topological polar surface area (TPSA) is 30.2 Å². The summed E-state index contributed by atoms with van der Waals surface area (Å²) in [6.45, 7) is 0. The minimum absolute atomic E-state index is 0.947. The fourth-order valence-electron chi connectivity index (χ4n) is 1.47.